The van der Waals surface area contributed by atoms with Crippen LogP contribution >= 0.6 is 0 Å². The second-order valence-corrected chi connectivity index (χ2v) is 19.8. The number of benzene rings is 4. The van der Waals surface area contributed by atoms with E-state index in [1.807, 2.05) is 82.3 Å². The van der Waals surface area contributed by atoms with Crippen LogP contribution in [-0.4, -0.2) is 65.1 Å². The first-order chi connectivity index (χ1) is 31.1. The Balaban J connectivity index is 0.780. The molecular formula is C50H56N6O8S. The van der Waals surface area contributed by atoms with E-state index in [1.54, 1.807) is 47.5 Å². The van der Waals surface area contributed by atoms with Crippen LogP contribution in [0.15, 0.2) is 102 Å². The van der Waals surface area contributed by atoms with Crippen LogP contribution in [0.4, 0.5) is 23.1 Å². The lowest BCUT2D eigenvalue weighted by Gasteiger charge is -2.29. The van der Waals surface area contributed by atoms with Gasteiger partial charge < -0.3 is 30.3 Å². The number of hydrogen-bond acceptors (Lipinski definition) is 12. The van der Waals surface area contributed by atoms with Crippen LogP contribution in [0.1, 0.15) is 98.3 Å². The molecule has 2 amide bonds. The number of rotatable bonds is 19. The van der Waals surface area contributed by atoms with Gasteiger partial charge in [0.05, 0.1) is 36.3 Å². The third-order valence-corrected chi connectivity index (χ3v) is 13.4. The molecule has 0 radical (unpaired) electrons. The molecule has 7 rings (SSSR count). The van der Waals surface area contributed by atoms with Crippen molar-refractivity contribution in [2.75, 3.05) is 23.0 Å². The molecule has 0 spiro atoms. The van der Waals surface area contributed by atoms with Crippen LogP contribution < -0.4 is 25.4 Å². The number of nitrogens with zero attached hydrogens (tertiary/aromatic N) is 3. The number of unbranched alkanes of at least 4 members (excludes halogenated alkanes) is 2. The zero-order valence-electron chi connectivity index (χ0n) is 37.3. The highest BCUT2D eigenvalue weighted by Gasteiger charge is 2.40. The highest BCUT2D eigenvalue weighted by atomic mass is 32.2. The Kier molecular flexibility index (Phi) is 14.6. The smallest absolute Gasteiger partial charge is 0.255 e. The molecule has 5 aromatic rings. The van der Waals surface area contributed by atoms with Gasteiger partial charge in [0.25, 0.3) is 5.91 Å². The number of aryl methyl sites for hydroxylation is 1. The number of aromatic nitrogens is 2. The SMILES string of the molecule is Cc1cnc(Nc2ccc(OCCCCCC(=O)NCc3ccc(COc4cccc5c4CN(C4CCC(=O)CC4=O)C5=O)cc3)cc2)nc1Nc1cccc(S(=O)(=O)CC(C)(C)C)c1. The van der Waals surface area contributed by atoms with E-state index in [-0.39, 0.29) is 59.0 Å². The second kappa shape index (κ2) is 20.5. The zero-order chi connectivity index (χ0) is 46.1. The molecule has 1 unspecified atom stereocenters. The molecule has 1 fully saturated rings. The van der Waals surface area contributed by atoms with Crippen molar-refractivity contribution in [3.63, 3.8) is 0 Å². The molecule has 3 N–H and O–H groups in total. The van der Waals surface area contributed by atoms with Gasteiger partial charge in [0, 0.05) is 53.6 Å². The number of anilines is 4. The van der Waals surface area contributed by atoms with Gasteiger partial charge in [-0.3, -0.25) is 19.2 Å². The first-order valence-electron chi connectivity index (χ1n) is 22.0. The fourth-order valence-electron chi connectivity index (χ4n) is 7.81. The summed E-state index contributed by atoms with van der Waals surface area (Å²) in [7, 11) is -3.46. The van der Waals surface area contributed by atoms with Gasteiger partial charge in [-0.1, -0.05) is 57.2 Å². The summed E-state index contributed by atoms with van der Waals surface area (Å²) < 4.78 is 38.0. The second-order valence-electron chi connectivity index (χ2n) is 17.8. The normalized spacial score (nSPS) is 15.1. The molecule has 1 aliphatic heterocycles. The third-order valence-electron chi connectivity index (χ3n) is 11.2. The molecule has 0 saturated heterocycles. The molecule has 1 aromatic heterocycles. The number of nitrogens with one attached hydrogen (secondary N) is 3. The molecule has 2 aliphatic rings. The third kappa shape index (κ3) is 12.6. The maximum absolute atomic E-state index is 13.2. The maximum Gasteiger partial charge on any atom is 0.255 e. The summed E-state index contributed by atoms with van der Waals surface area (Å²) in [5.41, 5.74) is 4.99. The molecule has 2 heterocycles. The lowest BCUT2D eigenvalue weighted by molar-refractivity contribution is -0.133. The molecule has 1 saturated carbocycles. The molecule has 1 atom stereocenters. The average molecular weight is 901 g/mol. The summed E-state index contributed by atoms with van der Waals surface area (Å²) >= 11 is 0. The van der Waals surface area contributed by atoms with Crippen molar-refractivity contribution in [3.05, 3.63) is 125 Å². The number of fused-ring (bicyclic) bond motifs is 1. The van der Waals surface area contributed by atoms with E-state index in [0.29, 0.717) is 61.2 Å². The summed E-state index contributed by atoms with van der Waals surface area (Å²) in [6.45, 7) is 9.09. The van der Waals surface area contributed by atoms with Crippen molar-refractivity contribution in [2.45, 2.75) is 103 Å². The number of sulfone groups is 1. The highest BCUT2D eigenvalue weighted by molar-refractivity contribution is 7.91. The standard InChI is InChI=1S/C50H56N6O8S/c1-33-28-52-49(55-47(33)53-37-10-8-11-40(26-37)65(61,62)32-50(2,3)4)54-36-19-22-39(23-20-36)63-25-7-5-6-14-46(59)51-29-34-15-17-35(18-16-34)31-64-45-13-9-12-41-42(45)30-56(48(41)60)43-24-21-38(57)27-44(43)58/h8-13,15-20,22-23,26,28,43H,5-7,14,21,24-25,27,29-32H2,1-4H3,(H,51,59)(H2,52,53,54,55). The first-order valence-corrected chi connectivity index (χ1v) is 23.6. The molecule has 14 nitrogen and oxygen atoms in total. The minimum Gasteiger partial charge on any atom is -0.494 e. The minimum atomic E-state index is -3.46. The minimum absolute atomic E-state index is 0.0128. The predicted molar refractivity (Wildman–Crippen MR) is 248 cm³/mol. The van der Waals surface area contributed by atoms with E-state index in [1.165, 1.54) is 0 Å². The van der Waals surface area contributed by atoms with Gasteiger partial charge in [-0.15, -0.1) is 0 Å². The molecule has 65 heavy (non-hydrogen) atoms. The number of carbonyl (C=O) groups excluding carboxylic acids is 4. The van der Waals surface area contributed by atoms with E-state index in [0.717, 1.165) is 53.0 Å². The number of hydrogen-bond donors (Lipinski definition) is 3. The Morgan fingerprint density at radius 1 is 0.862 bits per heavy atom. The number of ether oxygens (including phenoxy) is 2. The van der Waals surface area contributed by atoms with Crippen molar-refractivity contribution in [2.24, 2.45) is 5.41 Å². The zero-order valence-corrected chi connectivity index (χ0v) is 38.1. The fourth-order valence-corrected chi connectivity index (χ4v) is 9.71. The lowest BCUT2D eigenvalue weighted by Crippen LogP contribution is -2.44. The van der Waals surface area contributed by atoms with Crippen LogP contribution in [0.5, 0.6) is 11.5 Å². The molecule has 1 aliphatic carbocycles. The maximum atomic E-state index is 13.2. The van der Waals surface area contributed by atoms with Crippen LogP contribution in [-0.2, 0) is 43.9 Å². The number of Topliss-reactive ketones (excluding diaryl/α,β-unsaturated/α-hetero) is 2. The summed E-state index contributed by atoms with van der Waals surface area (Å²) in [6, 6.07) is 26.8. The summed E-state index contributed by atoms with van der Waals surface area (Å²) in [6.07, 6.45) is 5.06. The van der Waals surface area contributed by atoms with Gasteiger partial charge >= 0.3 is 0 Å². The van der Waals surface area contributed by atoms with E-state index in [9.17, 15) is 27.6 Å². The number of ketones is 2. The van der Waals surface area contributed by atoms with Gasteiger partial charge in [0.2, 0.25) is 11.9 Å². The van der Waals surface area contributed by atoms with Crippen LogP contribution in [0.3, 0.4) is 0 Å². The Hall–Kier alpha value is -6.61. The van der Waals surface area contributed by atoms with Crippen molar-refractivity contribution < 1.29 is 37.1 Å². The van der Waals surface area contributed by atoms with Crippen LogP contribution in [0.2, 0.25) is 0 Å². The van der Waals surface area contributed by atoms with E-state index in [4.69, 9.17) is 9.47 Å². The summed E-state index contributed by atoms with van der Waals surface area (Å²) in [4.78, 5) is 60.9. The lowest BCUT2D eigenvalue weighted by atomic mass is 9.92. The van der Waals surface area contributed by atoms with Gasteiger partial charge in [-0.2, -0.15) is 4.98 Å². The number of amides is 2. The van der Waals surface area contributed by atoms with Gasteiger partial charge in [-0.25, -0.2) is 13.4 Å². The summed E-state index contributed by atoms with van der Waals surface area (Å²) in [5.74, 6) is 1.80. The molecule has 15 heteroatoms. The Labute approximate surface area is 380 Å². The van der Waals surface area contributed by atoms with E-state index in [2.05, 4.69) is 25.9 Å². The highest BCUT2D eigenvalue weighted by Crippen LogP contribution is 2.35. The van der Waals surface area contributed by atoms with Crippen molar-refractivity contribution in [3.8, 4) is 11.5 Å². The monoisotopic (exact) mass is 900 g/mol. The van der Waals surface area contributed by atoms with Crippen LogP contribution in [0, 0.1) is 12.3 Å². The Bertz CT molecular complexity index is 2650. The average Bonchev–Trinajstić information content (AvgIpc) is 3.60. The number of carbonyl (C=O) groups is 4. The molecular weight excluding hydrogens is 845 g/mol. The molecule has 0 bridgehead atoms. The largest absolute Gasteiger partial charge is 0.494 e. The van der Waals surface area contributed by atoms with Crippen LogP contribution in [0.25, 0.3) is 0 Å². The van der Waals surface area contributed by atoms with Crippen molar-refractivity contribution >= 4 is 56.4 Å². The van der Waals surface area contributed by atoms with E-state index < -0.39 is 15.9 Å². The van der Waals surface area contributed by atoms with Crippen molar-refractivity contribution in [1.82, 2.24) is 20.2 Å². The van der Waals surface area contributed by atoms with Gasteiger partial charge in [0.15, 0.2) is 15.6 Å². The predicted octanol–water partition coefficient (Wildman–Crippen LogP) is 8.57. The molecule has 4 aromatic carbocycles. The first kappa shape index (κ1) is 46.4. The topological polar surface area (TPSA) is 186 Å². The Morgan fingerprint density at radius 3 is 2.37 bits per heavy atom. The summed E-state index contributed by atoms with van der Waals surface area (Å²) in [5, 5.41) is 9.45. The quantitative estimate of drug-likeness (QED) is 0.0531. The Morgan fingerprint density at radius 2 is 1.62 bits per heavy atom. The molecule has 340 valence electrons. The van der Waals surface area contributed by atoms with Crippen molar-refractivity contribution in [1.29, 1.82) is 0 Å². The fraction of sp³-hybridized carbons (Fsp3) is 0.360. The van der Waals surface area contributed by atoms with Gasteiger partial charge in [-0.05, 0) is 104 Å². The van der Waals surface area contributed by atoms with Gasteiger partial charge in [0.1, 0.15) is 29.7 Å². The van der Waals surface area contributed by atoms with E-state index >= 15 is 0 Å².